The van der Waals surface area contributed by atoms with Crippen molar-refractivity contribution in [1.29, 1.82) is 0 Å². The molecule has 0 aromatic heterocycles. The molecule has 0 bridgehead atoms. The minimum atomic E-state index is 0.675. The van der Waals surface area contributed by atoms with Gasteiger partial charge in [-0.05, 0) is 18.2 Å². The first kappa shape index (κ1) is 12.0. The molecule has 1 unspecified atom stereocenters. The number of nitrogens with zero attached hydrogens (tertiary/aromatic N) is 2. The molecule has 0 aliphatic carbocycles. The van der Waals surface area contributed by atoms with Crippen LogP contribution in [0.15, 0.2) is 24.3 Å². The van der Waals surface area contributed by atoms with Crippen LogP contribution in [0.2, 0.25) is 0 Å². The van der Waals surface area contributed by atoms with Gasteiger partial charge in [-0.1, -0.05) is 25.1 Å². The van der Waals surface area contributed by atoms with Crippen LogP contribution in [-0.4, -0.2) is 55.6 Å². The Morgan fingerprint density at radius 3 is 2.61 bits per heavy atom. The molecular weight excluding hydrogens is 222 g/mol. The summed E-state index contributed by atoms with van der Waals surface area (Å²) in [7, 11) is 0. The summed E-state index contributed by atoms with van der Waals surface area (Å²) in [6.45, 7) is 10.7. The zero-order chi connectivity index (χ0) is 12.4. The maximum atomic E-state index is 3.52. The van der Waals surface area contributed by atoms with Crippen LogP contribution in [-0.2, 0) is 0 Å². The second kappa shape index (κ2) is 5.29. The molecule has 0 amide bonds. The molecule has 2 heterocycles. The van der Waals surface area contributed by atoms with Crippen molar-refractivity contribution in [1.82, 2.24) is 9.80 Å². The molecule has 1 N–H and O–H groups in total. The standard InChI is InChI=1S/C15H23N3/c1-2-17-7-9-18(10-8-17)12-13-11-16-15-6-4-3-5-14(13)15/h3-6,13,16H,2,7-12H2,1H3. The van der Waals surface area contributed by atoms with Gasteiger partial charge in [-0.15, -0.1) is 0 Å². The molecule has 1 saturated heterocycles. The minimum Gasteiger partial charge on any atom is -0.384 e. The summed E-state index contributed by atoms with van der Waals surface area (Å²) in [5, 5.41) is 3.52. The number of anilines is 1. The third-order valence-corrected chi connectivity index (χ3v) is 4.33. The van der Waals surface area contributed by atoms with Crippen LogP contribution in [0.5, 0.6) is 0 Å². The molecule has 1 aromatic carbocycles. The van der Waals surface area contributed by atoms with Crippen LogP contribution in [0.1, 0.15) is 18.4 Å². The average Bonchev–Trinajstić information content (AvgIpc) is 2.83. The summed E-state index contributed by atoms with van der Waals surface area (Å²) < 4.78 is 0. The average molecular weight is 245 g/mol. The summed E-state index contributed by atoms with van der Waals surface area (Å²) in [5.74, 6) is 0.675. The molecule has 1 atom stereocenters. The van der Waals surface area contributed by atoms with Gasteiger partial charge in [0.15, 0.2) is 0 Å². The van der Waals surface area contributed by atoms with E-state index in [1.807, 2.05) is 0 Å². The maximum absolute atomic E-state index is 3.52. The van der Waals surface area contributed by atoms with E-state index in [1.165, 1.54) is 50.5 Å². The third kappa shape index (κ3) is 2.38. The van der Waals surface area contributed by atoms with Crippen molar-refractivity contribution in [3.63, 3.8) is 0 Å². The molecule has 98 valence electrons. The van der Waals surface area contributed by atoms with Gasteiger partial charge in [0.25, 0.3) is 0 Å². The van der Waals surface area contributed by atoms with Gasteiger partial charge in [-0.3, -0.25) is 0 Å². The van der Waals surface area contributed by atoms with Crippen molar-refractivity contribution in [3.05, 3.63) is 29.8 Å². The van der Waals surface area contributed by atoms with Crippen molar-refractivity contribution in [3.8, 4) is 0 Å². The fourth-order valence-electron chi connectivity index (χ4n) is 3.12. The van der Waals surface area contributed by atoms with Crippen LogP contribution >= 0.6 is 0 Å². The van der Waals surface area contributed by atoms with Crippen molar-refractivity contribution in [2.75, 3.05) is 51.1 Å². The molecule has 0 spiro atoms. The Morgan fingerprint density at radius 2 is 1.83 bits per heavy atom. The molecule has 3 heteroatoms. The number of benzene rings is 1. The summed E-state index contributed by atoms with van der Waals surface area (Å²) in [5.41, 5.74) is 2.85. The second-order valence-corrected chi connectivity index (χ2v) is 5.40. The number of hydrogen-bond donors (Lipinski definition) is 1. The Balaban J connectivity index is 1.59. The lowest BCUT2D eigenvalue weighted by molar-refractivity contribution is 0.133. The summed E-state index contributed by atoms with van der Waals surface area (Å²) >= 11 is 0. The van der Waals surface area contributed by atoms with E-state index in [0.717, 1.165) is 6.54 Å². The van der Waals surface area contributed by atoms with Crippen molar-refractivity contribution in [2.24, 2.45) is 0 Å². The lowest BCUT2D eigenvalue weighted by Gasteiger charge is -2.35. The summed E-state index contributed by atoms with van der Waals surface area (Å²) in [6, 6.07) is 8.76. The van der Waals surface area contributed by atoms with E-state index in [4.69, 9.17) is 0 Å². The Morgan fingerprint density at radius 1 is 1.11 bits per heavy atom. The van der Waals surface area contributed by atoms with Crippen molar-refractivity contribution < 1.29 is 0 Å². The highest BCUT2D eigenvalue weighted by molar-refractivity contribution is 5.57. The second-order valence-electron chi connectivity index (χ2n) is 5.40. The van der Waals surface area contributed by atoms with Gasteiger partial charge in [0.1, 0.15) is 0 Å². The monoisotopic (exact) mass is 245 g/mol. The highest BCUT2D eigenvalue weighted by Gasteiger charge is 2.25. The van der Waals surface area contributed by atoms with Gasteiger partial charge in [-0.25, -0.2) is 0 Å². The highest BCUT2D eigenvalue weighted by Crippen LogP contribution is 2.31. The van der Waals surface area contributed by atoms with Crippen LogP contribution in [0, 0.1) is 0 Å². The van der Waals surface area contributed by atoms with Gasteiger partial charge >= 0.3 is 0 Å². The number of hydrogen-bond acceptors (Lipinski definition) is 3. The predicted octanol–water partition coefficient (Wildman–Crippen LogP) is 1.83. The molecule has 1 aromatic rings. The molecular formula is C15H23N3. The molecule has 2 aliphatic rings. The van der Waals surface area contributed by atoms with Gasteiger partial charge in [0.2, 0.25) is 0 Å². The normalized spacial score (nSPS) is 24.8. The largest absolute Gasteiger partial charge is 0.384 e. The fourth-order valence-corrected chi connectivity index (χ4v) is 3.12. The zero-order valence-electron chi connectivity index (χ0n) is 11.2. The topological polar surface area (TPSA) is 18.5 Å². The first-order valence-electron chi connectivity index (χ1n) is 7.14. The maximum Gasteiger partial charge on any atom is 0.0376 e. The Labute approximate surface area is 110 Å². The number of nitrogens with one attached hydrogen (secondary N) is 1. The number of para-hydroxylation sites is 1. The van der Waals surface area contributed by atoms with Gasteiger partial charge in [-0.2, -0.15) is 0 Å². The lowest BCUT2D eigenvalue weighted by Crippen LogP contribution is -2.47. The number of fused-ring (bicyclic) bond motifs is 1. The van der Waals surface area contributed by atoms with Crippen LogP contribution in [0.4, 0.5) is 5.69 Å². The summed E-state index contributed by atoms with van der Waals surface area (Å²) in [4.78, 5) is 5.16. The Hall–Kier alpha value is -1.06. The number of piperazine rings is 1. The number of rotatable bonds is 3. The van der Waals surface area contributed by atoms with E-state index in [9.17, 15) is 0 Å². The van der Waals surface area contributed by atoms with E-state index >= 15 is 0 Å². The van der Waals surface area contributed by atoms with E-state index in [2.05, 4.69) is 46.3 Å². The van der Waals surface area contributed by atoms with E-state index in [1.54, 1.807) is 0 Å². The van der Waals surface area contributed by atoms with Gasteiger partial charge in [0.05, 0.1) is 0 Å². The quantitative estimate of drug-likeness (QED) is 0.876. The molecule has 3 rings (SSSR count). The van der Waals surface area contributed by atoms with E-state index in [-0.39, 0.29) is 0 Å². The first-order chi connectivity index (χ1) is 8.86. The molecule has 0 saturated carbocycles. The highest BCUT2D eigenvalue weighted by atomic mass is 15.3. The molecule has 18 heavy (non-hydrogen) atoms. The van der Waals surface area contributed by atoms with E-state index < -0.39 is 0 Å². The Bertz CT molecular complexity index is 396. The van der Waals surface area contributed by atoms with Gasteiger partial charge < -0.3 is 15.1 Å². The van der Waals surface area contributed by atoms with Crippen molar-refractivity contribution >= 4 is 5.69 Å². The molecule has 0 radical (unpaired) electrons. The third-order valence-electron chi connectivity index (χ3n) is 4.33. The van der Waals surface area contributed by atoms with Crippen molar-refractivity contribution in [2.45, 2.75) is 12.8 Å². The van der Waals surface area contributed by atoms with E-state index in [0.29, 0.717) is 5.92 Å². The Kier molecular flexibility index (Phi) is 3.52. The molecule has 2 aliphatic heterocycles. The van der Waals surface area contributed by atoms with Gasteiger partial charge in [0, 0.05) is 50.9 Å². The van der Waals surface area contributed by atoms with Crippen LogP contribution in [0.25, 0.3) is 0 Å². The van der Waals surface area contributed by atoms with Crippen LogP contribution in [0.3, 0.4) is 0 Å². The molecule has 1 fully saturated rings. The lowest BCUT2D eigenvalue weighted by atomic mass is 10.0. The van der Waals surface area contributed by atoms with Crippen LogP contribution < -0.4 is 5.32 Å². The predicted molar refractivity (Wildman–Crippen MR) is 76.2 cm³/mol. The number of likely N-dealkylation sites (N-methyl/N-ethyl adjacent to an activating group) is 1. The smallest absolute Gasteiger partial charge is 0.0376 e. The fraction of sp³-hybridized carbons (Fsp3) is 0.600. The molecule has 3 nitrogen and oxygen atoms in total. The zero-order valence-corrected chi connectivity index (χ0v) is 11.2. The minimum absolute atomic E-state index is 0.675. The SMILES string of the molecule is CCN1CCN(CC2CNc3ccccc32)CC1. The first-order valence-corrected chi connectivity index (χ1v) is 7.14. The summed E-state index contributed by atoms with van der Waals surface area (Å²) in [6.07, 6.45) is 0.